The Labute approximate surface area is 192 Å². The van der Waals surface area contributed by atoms with E-state index < -0.39 is 0 Å². The summed E-state index contributed by atoms with van der Waals surface area (Å²) < 4.78 is 0. The Morgan fingerprint density at radius 1 is 0.806 bits per heavy atom. The Hall–Kier alpha value is -0.300. The molecule has 0 aromatic rings. The molecule has 0 spiro atoms. The molecule has 176 valence electrons. The van der Waals surface area contributed by atoms with Crippen molar-refractivity contribution in [1.29, 1.82) is 0 Å². The van der Waals surface area contributed by atoms with Gasteiger partial charge in [-0.15, -0.1) is 0 Å². The van der Waals surface area contributed by atoms with Gasteiger partial charge >= 0.3 is 0 Å². The summed E-state index contributed by atoms with van der Waals surface area (Å²) in [4.78, 5) is 0. The van der Waals surface area contributed by atoms with E-state index in [1.807, 2.05) is 0 Å². The molecule has 0 saturated heterocycles. The van der Waals surface area contributed by atoms with Gasteiger partial charge in [-0.3, -0.25) is 0 Å². The van der Waals surface area contributed by atoms with E-state index in [1.54, 1.807) is 0 Å². The molecule has 0 unspecified atom stereocenters. The van der Waals surface area contributed by atoms with Crippen LogP contribution in [-0.4, -0.2) is 11.7 Å². The lowest BCUT2D eigenvalue weighted by molar-refractivity contribution is -0.238. The molecule has 1 nitrogen and oxygen atoms in total. The lowest BCUT2D eigenvalue weighted by Crippen LogP contribution is -2.65. The first-order chi connectivity index (χ1) is 14.5. The van der Waals surface area contributed by atoms with E-state index >= 15 is 0 Å². The van der Waals surface area contributed by atoms with E-state index in [9.17, 15) is 5.11 Å². The van der Waals surface area contributed by atoms with Gasteiger partial charge in [-0.2, -0.15) is 0 Å². The van der Waals surface area contributed by atoms with Gasteiger partial charge in [0.2, 0.25) is 0 Å². The lowest BCUT2D eigenvalue weighted by atomic mass is 9.32. The fourth-order valence-electron chi connectivity index (χ4n) is 11.7. The SMILES string of the molecule is C=C(C)[C@@H]1CC[C@]2(CO)CC[C@]3(C)[C@H](CC[C@@H]4[C@@]5(C)CCCC(C)(C)[C@@H]5CC[C@]43C)[C@@H]12. The Morgan fingerprint density at radius 3 is 2.23 bits per heavy atom. The minimum atomic E-state index is 0.185. The van der Waals surface area contributed by atoms with Crippen molar-refractivity contribution in [2.24, 2.45) is 56.7 Å². The summed E-state index contributed by atoms with van der Waals surface area (Å²) >= 11 is 0. The Morgan fingerprint density at radius 2 is 1.55 bits per heavy atom. The maximum atomic E-state index is 10.6. The summed E-state index contributed by atoms with van der Waals surface area (Å²) in [5.41, 5.74) is 3.50. The highest BCUT2D eigenvalue weighted by Crippen LogP contribution is 2.77. The van der Waals surface area contributed by atoms with Gasteiger partial charge in [0.1, 0.15) is 0 Å². The monoisotopic (exact) mass is 426 g/mol. The second-order valence-electron chi connectivity index (χ2n) is 14.5. The first kappa shape index (κ1) is 22.5. The standard InChI is InChI=1S/C30H50O/c1-20(2)21-11-16-30(19-31)18-17-28(6)22(25(21)30)9-10-24-27(5)14-8-13-26(3,4)23(27)12-15-29(24,28)7/h21-25,31H,1,8-19H2,2-7H3/t21-,22+,23-,24+,25+,27-,28+,29+,30+/m0/s1. The first-order valence-electron chi connectivity index (χ1n) is 13.7. The van der Waals surface area contributed by atoms with Crippen LogP contribution < -0.4 is 0 Å². The van der Waals surface area contributed by atoms with Crippen molar-refractivity contribution in [3.8, 4) is 0 Å². The average Bonchev–Trinajstić information content (AvgIpc) is 3.08. The van der Waals surface area contributed by atoms with Crippen LogP contribution in [0.3, 0.4) is 0 Å². The molecule has 5 rings (SSSR count). The van der Waals surface area contributed by atoms with E-state index in [4.69, 9.17) is 0 Å². The van der Waals surface area contributed by atoms with Crippen molar-refractivity contribution >= 4 is 0 Å². The third-order valence-electron chi connectivity index (χ3n) is 13.3. The predicted octanol–water partition coefficient (Wildman–Crippen LogP) is 8.03. The molecule has 5 aliphatic carbocycles. The van der Waals surface area contributed by atoms with Gasteiger partial charge in [-0.05, 0) is 128 Å². The number of allylic oxidation sites excluding steroid dienone is 1. The summed E-state index contributed by atoms with van der Waals surface area (Å²) in [6, 6.07) is 0. The van der Waals surface area contributed by atoms with Crippen LogP contribution in [0.4, 0.5) is 0 Å². The molecule has 0 radical (unpaired) electrons. The number of aliphatic hydroxyl groups is 1. The van der Waals surface area contributed by atoms with Crippen LogP contribution in [0.2, 0.25) is 0 Å². The minimum absolute atomic E-state index is 0.185. The average molecular weight is 427 g/mol. The molecular formula is C30H50O. The zero-order valence-electron chi connectivity index (χ0n) is 21.5. The molecule has 1 N–H and O–H groups in total. The molecule has 0 bridgehead atoms. The molecule has 1 heteroatoms. The number of aliphatic hydroxyl groups excluding tert-OH is 1. The molecule has 31 heavy (non-hydrogen) atoms. The fraction of sp³-hybridized carbons (Fsp3) is 0.933. The Bertz CT molecular complexity index is 752. The van der Waals surface area contributed by atoms with Crippen LogP contribution in [-0.2, 0) is 0 Å². The molecule has 5 aliphatic rings. The van der Waals surface area contributed by atoms with Crippen LogP contribution in [0.15, 0.2) is 12.2 Å². The van der Waals surface area contributed by atoms with Crippen molar-refractivity contribution in [3.05, 3.63) is 12.2 Å². The molecule has 5 fully saturated rings. The van der Waals surface area contributed by atoms with Crippen molar-refractivity contribution < 1.29 is 5.11 Å². The number of hydrogen-bond acceptors (Lipinski definition) is 1. The highest BCUT2D eigenvalue weighted by molar-refractivity contribution is 5.21. The first-order valence-corrected chi connectivity index (χ1v) is 13.7. The molecule has 0 amide bonds. The Balaban J connectivity index is 1.55. The summed E-state index contributed by atoms with van der Waals surface area (Å²) in [6.07, 6.45) is 15.1. The van der Waals surface area contributed by atoms with Gasteiger partial charge < -0.3 is 5.11 Å². The highest BCUT2D eigenvalue weighted by Gasteiger charge is 2.70. The summed E-state index contributed by atoms with van der Waals surface area (Å²) in [6.45, 7) is 20.5. The molecule has 0 heterocycles. The van der Waals surface area contributed by atoms with Gasteiger partial charge in [-0.25, -0.2) is 0 Å². The van der Waals surface area contributed by atoms with Crippen LogP contribution >= 0.6 is 0 Å². The largest absolute Gasteiger partial charge is 0.396 e. The molecule has 0 aromatic heterocycles. The molecule has 0 aliphatic heterocycles. The fourth-order valence-corrected chi connectivity index (χ4v) is 11.7. The maximum absolute atomic E-state index is 10.6. The van der Waals surface area contributed by atoms with E-state index in [1.165, 1.54) is 76.2 Å². The van der Waals surface area contributed by atoms with Crippen molar-refractivity contribution in [2.45, 2.75) is 112 Å². The predicted molar refractivity (Wildman–Crippen MR) is 131 cm³/mol. The third-order valence-corrected chi connectivity index (χ3v) is 13.3. The van der Waals surface area contributed by atoms with Crippen LogP contribution in [0.25, 0.3) is 0 Å². The van der Waals surface area contributed by atoms with Crippen LogP contribution in [0, 0.1) is 56.7 Å². The summed E-state index contributed by atoms with van der Waals surface area (Å²) in [7, 11) is 0. The van der Waals surface area contributed by atoms with E-state index in [-0.39, 0.29) is 5.41 Å². The van der Waals surface area contributed by atoms with Crippen molar-refractivity contribution in [3.63, 3.8) is 0 Å². The van der Waals surface area contributed by atoms with Crippen LogP contribution in [0.5, 0.6) is 0 Å². The Kier molecular flexibility index (Phi) is 4.98. The van der Waals surface area contributed by atoms with E-state index in [0.717, 1.165) is 17.8 Å². The summed E-state index contributed by atoms with van der Waals surface area (Å²) in [5.74, 6) is 3.86. The summed E-state index contributed by atoms with van der Waals surface area (Å²) in [5, 5.41) is 10.6. The molecular weight excluding hydrogens is 376 g/mol. The highest BCUT2D eigenvalue weighted by atomic mass is 16.3. The zero-order chi connectivity index (χ0) is 22.4. The topological polar surface area (TPSA) is 20.2 Å². The lowest BCUT2D eigenvalue weighted by Gasteiger charge is -2.72. The van der Waals surface area contributed by atoms with Gasteiger partial charge in [0.15, 0.2) is 0 Å². The van der Waals surface area contributed by atoms with Gasteiger partial charge in [0, 0.05) is 6.61 Å². The maximum Gasteiger partial charge on any atom is 0.0490 e. The molecule has 5 saturated carbocycles. The number of rotatable bonds is 2. The molecule has 0 aromatic carbocycles. The van der Waals surface area contributed by atoms with Gasteiger partial charge in [0.25, 0.3) is 0 Å². The number of hydrogen-bond donors (Lipinski definition) is 1. The molecule has 9 atom stereocenters. The van der Waals surface area contributed by atoms with Crippen molar-refractivity contribution in [2.75, 3.05) is 6.61 Å². The van der Waals surface area contributed by atoms with Crippen LogP contribution in [0.1, 0.15) is 112 Å². The van der Waals surface area contributed by atoms with Gasteiger partial charge in [-0.1, -0.05) is 53.2 Å². The second-order valence-corrected chi connectivity index (χ2v) is 14.5. The van der Waals surface area contributed by atoms with Gasteiger partial charge in [0.05, 0.1) is 0 Å². The van der Waals surface area contributed by atoms with Crippen molar-refractivity contribution in [1.82, 2.24) is 0 Å². The third kappa shape index (κ3) is 2.71. The zero-order valence-corrected chi connectivity index (χ0v) is 21.5. The second kappa shape index (κ2) is 6.86. The smallest absolute Gasteiger partial charge is 0.0490 e. The minimum Gasteiger partial charge on any atom is -0.396 e. The quantitative estimate of drug-likeness (QED) is 0.443. The normalized spacial score (nSPS) is 55.5. The van der Waals surface area contributed by atoms with E-state index in [2.05, 4.69) is 48.1 Å². The number of fused-ring (bicyclic) bond motifs is 7. The van der Waals surface area contributed by atoms with E-state index in [0.29, 0.717) is 40.1 Å².